The second-order valence-corrected chi connectivity index (χ2v) is 5.15. The standard InChI is InChI=1S/C15H21ClN4/c1-4-12-9-15(20(5-2)19-12)14(17-3)8-11-6-7-18-10-13(11)16/h6-7,9-10,14,17H,4-5,8H2,1-3H3. The second-order valence-electron chi connectivity index (χ2n) is 4.74. The first kappa shape index (κ1) is 15.0. The summed E-state index contributed by atoms with van der Waals surface area (Å²) in [5.41, 5.74) is 3.44. The van der Waals surface area contributed by atoms with E-state index in [1.54, 1.807) is 12.4 Å². The van der Waals surface area contributed by atoms with E-state index in [0.717, 1.165) is 30.6 Å². The van der Waals surface area contributed by atoms with E-state index in [1.165, 1.54) is 5.69 Å². The van der Waals surface area contributed by atoms with E-state index in [0.29, 0.717) is 5.02 Å². The van der Waals surface area contributed by atoms with Crippen LogP contribution in [0.15, 0.2) is 24.5 Å². The van der Waals surface area contributed by atoms with Crippen molar-refractivity contribution in [1.29, 1.82) is 0 Å². The fraction of sp³-hybridized carbons (Fsp3) is 0.467. The zero-order valence-electron chi connectivity index (χ0n) is 12.2. The van der Waals surface area contributed by atoms with Crippen LogP contribution in [0.3, 0.4) is 0 Å². The van der Waals surface area contributed by atoms with Crippen molar-refractivity contribution in [3.8, 4) is 0 Å². The molecule has 0 aromatic carbocycles. The minimum absolute atomic E-state index is 0.197. The highest BCUT2D eigenvalue weighted by molar-refractivity contribution is 6.31. The summed E-state index contributed by atoms with van der Waals surface area (Å²) in [4.78, 5) is 4.03. The molecule has 1 atom stereocenters. The number of halogens is 1. The molecule has 2 heterocycles. The zero-order valence-corrected chi connectivity index (χ0v) is 13.0. The molecule has 0 saturated carbocycles. The molecule has 0 aliphatic carbocycles. The highest BCUT2D eigenvalue weighted by atomic mass is 35.5. The van der Waals surface area contributed by atoms with Gasteiger partial charge in [-0.25, -0.2) is 0 Å². The Labute approximate surface area is 125 Å². The maximum absolute atomic E-state index is 6.21. The summed E-state index contributed by atoms with van der Waals surface area (Å²) < 4.78 is 2.06. The van der Waals surface area contributed by atoms with Crippen LogP contribution in [0.4, 0.5) is 0 Å². The summed E-state index contributed by atoms with van der Waals surface area (Å²) in [7, 11) is 1.97. The molecule has 4 nitrogen and oxygen atoms in total. The normalized spacial score (nSPS) is 12.6. The quantitative estimate of drug-likeness (QED) is 0.890. The minimum Gasteiger partial charge on any atom is -0.311 e. The molecule has 0 saturated heterocycles. The molecular weight excluding hydrogens is 272 g/mol. The summed E-state index contributed by atoms with van der Waals surface area (Å²) >= 11 is 6.21. The summed E-state index contributed by atoms with van der Waals surface area (Å²) in [6, 6.07) is 4.35. The van der Waals surface area contributed by atoms with E-state index in [1.807, 2.05) is 13.1 Å². The molecule has 1 unspecified atom stereocenters. The van der Waals surface area contributed by atoms with Crippen LogP contribution >= 0.6 is 11.6 Å². The van der Waals surface area contributed by atoms with E-state index in [2.05, 4.69) is 40.0 Å². The minimum atomic E-state index is 0.197. The van der Waals surface area contributed by atoms with Crippen LogP contribution in [0.25, 0.3) is 0 Å². The molecule has 2 aromatic rings. The Kier molecular flexibility index (Phi) is 5.15. The van der Waals surface area contributed by atoms with E-state index in [9.17, 15) is 0 Å². The Morgan fingerprint density at radius 3 is 2.80 bits per heavy atom. The molecule has 0 spiro atoms. The number of pyridine rings is 1. The lowest BCUT2D eigenvalue weighted by Crippen LogP contribution is -2.22. The number of hydrogen-bond donors (Lipinski definition) is 1. The van der Waals surface area contributed by atoms with Crippen molar-refractivity contribution in [1.82, 2.24) is 20.1 Å². The van der Waals surface area contributed by atoms with Gasteiger partial charge in [-0.05, 0) is 44.5 Å². The highest BCUT2D eigenvalue weighted by Gasteiger charge is 2.17. The van der Waals surface area contributed by atoms with Crippen LogP contribution in [0, 0.1) is 0 Å². The first-order chi connectivity index (χ1) is 9.69. The third-order valence-corrected chi connectivity index (χ3v) is 3.85. The summed E-state index contributed by atoms with van der Waals surface area (Å²) in [6.07, 6.45) is 5.25. The van der Waals surface area contributed by atoms with Crippen molar-refractivity contribution < 1.29 is 0 Å². The fourth-order valence-corrected chi connectivity index (χ4v) is 2.53. The van der Waals surface area contributed by atoms with Gasteiger partial charge in [0.1, 0.15) is 0 Å². The Bertz CT molecular complexity index is 565. The molecule has 0 aliphatic heterocycles. The predicted octanol–water partition coefficient (Wildman–Crippen LogP) is 3.02. The van der Waals surface area contributed by atoms with Gasteiger partial charge in [0.05, 0.1) is 22.5 Å². The lowest BCUT2D eigenvalue weighted by atomic mass is 10.0. The first-order valence-corrected chi connectivity index (χ1v) is 7.39. The van der Waals surface area contributed by atoms with Gasteiger partial charge >= 0.3 is 0 Å². The average molecular weight is 293 g/mol. The van der Waals surface area contributed by atoms with Gasteiger partial charge in [0.15, 0.2) is 0 Å². The zero-order chi connectivity index (χ0) is 14.5. The largest absolute Gasteiger partial charge is 0.311 e. The lowest BCUT2D eigenvalue weighted by molar-refractivity contribution is 0.512. The molecule has 0 fully saturated rings. The number of aromatic nitrogens is 3. The van der Waals surface area contributed by atoms with Gasteiger partial charge in [-0.3, -0.25) is 9.67 Å². The van der Waals surface area contributed by atoms with Gasteiger partial charge in [-0.15, -0.1) is 0 Å². The highest BCUT2D eigenvalue weighted by Crippen LogP contribution is 2.23. The monoisotopic (exact) mass is 292 g/mol. The van der Waals surface area contributed by atoms with Gasteiger partial charge in [0.2, 0.25) is 0 Å². The molecule has 108 valence electrons. The Balaban J connectivity index is 2.28. The predicted molar refractivity (Wildman–Crippen MR) is 82.0 cm³/mol. The molecule has 2 aromatic heterocycles. The lowest BCUT2D eigenvalue weighted by Gasteiger charge is -2.18. The first-order valence-electron chi connectivity index (χ1n) is 7.01. The van der Waals surface area contributed by atoms with Crippen molar-refractivity contribution in [3.05, 3.63) is 46.5 Å². The van der Waals surface area contributed by atoms with Gasteiger partial charge in [0, 0.05) is 18.9 Å². The van der Waals surface area contributed by atoms with E-state index in [4.69, 9.17) is 11.6 Å². The molecule has 0 amide bonds. The van der Waals surface area contributed by atoms with Crippen molar-refractivity contribution in [3.63, 3.8) is 0 Å². The average Bonchev–Trinajstić information content (AvgIpc) is 2.89. The van der Waals surface area contributed by atoms with Crippen LogP contribution in [0.5, 0.6) is 0 Å². The molecule has 20 heavy (non-hydrogen) atoms. The van der Waals surface area contributed by atoms with E-state index >= 15 is 0 Å². The molecule has 1 N–H and O–H groups in total. The number of nitrogens with zero attached hydrogens (tertiary/aromatic N) is 3. The molecular formula is C15H21ClN4. The van der Waals surface area contributed by atoms with Crippen LogP contribution in [-0.2, 0) is 19.4 Å². The van der Waals surface area contributed by atoms with Crippen LogP contribution in [-0.4, -0.2) is 21.8 Å². The van der Waals surface area contributed by atoms with Crippen molar-refractivity contribution in [2.45, 2.75) is 39.3 Å². The van der Waals surface area contributed by atoms with Gasteiger partial charge < -0.3 is 5.32 Å². The van der Waals surface area contributed by atoms with Gasteiger partial charge in [-0.1, -0.05) is 18.5 Å². The van der Waals surface area contributed by atoms with Gasteiger partial charge in [-0.2, -0.15) is 5.10 Å². The molecule has 0 aliphatic rings. The van der Waals surface area contributed by atoms with E-state index in [-0.39, 0.29) is 6.04 Å². The third kappa shape index (κ3) is 3.19. The number of likely N-dealkylation sites (N-methyl/N-ethyl adjacent to an activating group) is 1. The molecule has 0 bridgehead atoms. The maximum Gasteiger partial charge on any atom is 0.0625 e. The van der Waals surface area contributed by atoms with Crippen molar-refractivity contribution >= 4 is 11.6 Å². The topological polar surface area (TPSA) is 42.7 Å². The maximum atomic E-state index is 6.21. The number of hydrogen-bond acceptors (Lipinski definition) is 3. The fourth-order valence-electron chi connectivity index (χ4n) is 2.34. The van der Waals surface area contributed by atoms with Crippen LogP contribution in [0.2, 0.25) is 5.02 Å². The summed E-state index contributed by atoms with van der Waals surface area (Å²) in [6.45, 7) is 5.11. The number of nitrogens with one attached hydrogen (secondary N) is 1. The SMILES string of the molecule is CCc1cc(C(Cc2ccncc2Cl)NC)n(CC)n1. The number of rotatable bonds is 6. The molecule has 2 rings (SSSR count). The Morgan fingerprint density at radius 2 is 2.20 bits per heavy atom. The molecule has 5 heteroatoms. The second kappa shape index (κ2) is 6.86. The van der Waals surface area contributed by atoms with Gasteiger partial charge in [0.25, 0.3) is 0 Å². The Morgan fingerprint density at radius 1 is 1.40 bits per heavy atom. The van der Waals surface area contributed by atoms with Crippen molar-refractivity contribution in [2.24, 2.45) is 0 Å². The van der Waals surface area contributed by atoms with E-state index < -0.39 is 0 Å². The summed E-state index contributed by atoms with van der Waals surface area (Å²) in [5.74, 6) is 0. The molecule has 0 radical (unpaired) electrons. The number of aryl methyl sites for hydroxylation is 2. The van der Waals surface area contributed by atoms with Crippen LogP contribution in [0.1, 0.15) is 36.8 Å². The van der Waals surface area contributed by atoms with Crippen LogP contribution < -0.4 is 5.32 Å². The third-order valence-electron chi connectivity index (χ3n) is 3.51. The Hall–Kier alpha value is -1.39. The smallest absolute Gasteiger partial charge is 0.0625 e. The van der Waals surface area contributed by atoms with Crippen molar-refractivity contribution in [2.75, 3.05) is 7.05 Å². The summed E-state index contributed by atoms with van der Waals surface area (Å²) in [5, 5.41) is 8.69.